The van der Waals surface area contributed by atoms with Gasteiger partial charge in [-0.25, -0.2) is 27.6 Å². The minimum absolute atomic E-state index is 0.0575. The average molecular weight is 923 g/mol. The summed E-state index contributed by atoms with van der Waals surface area (Å²) in [7, 11) is -3.10. The third-order valence-electron chi connectivity index (χ3n) is 12.4. The summed E-state index contributed by atoms with van der Waals surface area (Å²) in [5.74, 6) is -7.33. The van der Waals surface area contributed by atoms with E-state index in [9.17, 15) is 58.3 Å². The number of nitrogens with one attached hydrogen (secondary N) is 3. The second kappa shape index (κ2) is 16.9. The number of fused-ring (bicyclic) bond motifs is 3. The zero-order chi connectivity index (χ0) is 46.7. The lowest BCUT2D eigenvalue weighted by Gasteiger charge is -2.35. The predicted octanol–water partition coefficient (Wildman–Crippen LogP) is 5.86. The molecule has 2 aliphatic carbocycles. The maximum absolute atomic E-state index is 14.9. The molecule has 0 unspecified atom stereocenters. The molecule has 4 amide bonds. The first kappa shape index (κ1) is 47.5. The number of rotatable bonds is 9. The monoisotopic (exact) mass is 922 g/mol. The SMILES string of the molecule is CC[C@@H]1C[C@H](C)CC/C=C\[C@@H]2C[C@@]2(C(=O)NS(=O)(=O)C2(C)CC2)NC(=O)[C@@H]2C[C@@H](Oc3nc4cc(OC)c(F)cc4nc3C(F)(F)F)CN2C(=O)[C@H]1NC(=O)OC(C)(C)C(F)(F)F. The molecule has 2 aromatic rings. The number of allylic oxidation sites excluding steroid dienone is 1. The van der Waals surface area contributed by atoms with E-state index in [0.29, 0.717) is 32.8 Å². The lowest BCUT2D eigenvalue weighted by Crippen LogP contribution is -2.60. The number of carbonyl (C=O) groups excluding carboxylic acids is 4. The van der Waals surface area contributed by atoms with E-state index in [-0.39, 0.29) is 49.3 Å². The van der Waals surface area contributed by atoms with Gasteiger partial charge in [0.2, 0.25) is 39.0 Å². The second-order valence-corrected chi connectivity index (χ2v) is 19.7. The van der Waals surface area contributed by atoms with Crippen molar-refractivity contribution < 1.29 is 72.5 Å². The largest absolute Gasteiger partial charge is 0.494 e. The van der Waals surface area contributed by atoms with Crippen LogP contribution in [0.2, 0.25) is 0 Å². The fourth-order valence-corrected chi connectivity index (χ4v) is 9.20. The molecule has 0 spiro atoms. The topological polar surface area (TPSA) is 195 Å². The van der Waals surface area contributed by atoms with Crippen LogP contribution in [0.5, 0.6) is 11.6 Å². The normalized spacial score (nSPS) is 28.4. The summed E-state index contributed by atoms with van der Waals surface area (Å²) in [5.41, 5.74) is -7.32. The van der Waals surface area contributed by atoms with Crippen LogP contribution in [0.4, 0.5) is 35.5 Å². The molecule has 2 saturated carbocycles. The molecule has 1 aromatic heterocycles. The predicted molar refractivity (Wildman–Crippen MR) is 209 cm³/mol. The van der Waals surface area contributed by atoms with Crippen molar-refractivity contribution in [2.45, 2.75) is 132 Å². The summed E-state index contributed by atoms with van der Waals surface area (Å²) in [4.78, 5) is 64.9. The molecular weight excluding hydrogens is 874 g/mol. The van der Waals surface area contributed by atoms with Gasteiger partial charge in [0.25, 0.3) is 5.91 Å². The van der Waals surface area contributed by atoms with Crippen LogP contribution in [0.3, 0.4) is 0 Å². The quantitative estimate of drug-likeness (QED) is 0.202. The first-order chi connectivity index (χ1) is 29.1. The van der Waals surface area contributed by atoms with E-state index in [4.69, 9.17) is 14.2 Å². The molecule has 7 atom stereocenters. The molecule has 6 rings (SSSR count). The summed E-state index contributed by atoms with van der Waals surface area (Å²) in [5, 5.41) is 4.88. The van der Waals surface area contributed by atoms with Crippen LogP contribution in [0.1, 0.15) is 91.7 Å². The number of carbonyl (C=O) groups is 4. The molecule has 63 heavy (non-hydrogen) atoms. The minimum Gasteiger partial charge on any atom is -0.494 e. The lowest BCUT2D eigenvalue weighted by atomic mass is 9.85. The Bertz CT molecular complexity index is 2290. The average Bonchev–Trinajstić information content (AvgIpc) is 4.06. The van der Waals surface area contributed by atoms with Crippen molar-refractivity contribution in [2.75, 3.05) is 13.7 Å². The van der Waals surface area contributed by atoms with Gasteiger partial charge in [0.05, 0.1) is 29.4 Å². The van der Waals surface area contributed by atoms with Gasteiger partial charge in [-0.2, -0.15) is 26.3 Å². The highest BCUT2D eigenvalue weighted by molar-refractivity contribution is 7.91. The number of hydrogen-bond donors (Lipinski definition) is 3. The van der Waals surface area contributed by atoms with Crippen LogP contribution in [-0.2, 0) is 35.3 Å². The minimum atomic E-state index is -5.22. The smallest absolute Gasteiger partial charge is 0.438 e. The van der Waals surface area contributed by atoms with E-state index in [0.717, 1.165) is 18.1 Å². The number of alkyl halides is 6. The van der Waals surface area contributed by atoms with Gasteiger partial charge in [-0.3, -0.25) is 19.1 Å². The van der Waals surface area contributed by atoms with Gasteiger partial charge in [0, 0.05) is 24.5 Å². The van der Waals surface area contributed by atoms with Crippen molar-refractivity contribution in [3.63, 3.8) is 0 Å². The number of methoxy groups -OCH3 is 1. The Labute approximate surface area is 358 Å². The number of halogens is 7. The third kappa shape index (κ3) is 9.76. The molecule has 15 nitrogen and oxygen atoms in total. The van der Waals surface area contributed by atoms with Crippen LogP contribution in [-0.4, -0.2) is 101 Å². The Morgan fingerprint density at radius 1 is 1.05 bits per heavy atom. The number of alkyl carbamates (subject to hydrolysis) is 1. The summed E-state index contributed by atoms with van der Waals surface area (Å²) >= 11 is 0. The van der Waals surface area contributed by atoms with Crippen LogP contribution in [0, 0.1) is 23.6 Å². The molecule has 3 N–H and O–H groups in total. The standard InChI is InChI=1S/C40H49F7N6O9S/c1-7-21-14-20(2)10-8-9-11-22-18-38(22,34(56)52-63(58,59)37(5)12-13-37)51-31(54)27-15-23(19-53(27)33(55)29(21)50-35(57)62-36(3,4)40(45,46)47)61-32-30(39(42,43)44)48-25-16-24(41)28(60-6)17-26(25)49-32/h9,11,16-17,20-23,27,29H,7-8,10,12-15,18-19H2,1-6H3,(H,50,57)(H,51,54)(H,52,56)/b11-9-/t20-,21-,22-,23-,27+,29+,38-/m1/s1. The van der Waals surface area contributed by atoms with Crippen molar-refractivity contribution in [1.29, 1.82) is 0 Å². The summed E-state index contributed by atoms with van der Waals surface area (Å²) in [6, 6.07) is -1.68. The molecule has 0 radical (unpaired) electrons. The molecule has 1 saturated heterocycles. The molecule has 23 heteroatoms. The number of nitrogens with zero attached hydrogens (tertiary/aromatic N) is 3. The van der Waals surface area contributed by atoms with Crippen molar-refractivity contribution in [2.24, 2.45) is 17.8 Å². The van der Waals surface area contributed by atoms with E-state index in [1.54, 1.807) is 19.1 Å². The Hall–Kier alpha value is -4.96. The van der Waals surface area contributed by atoms with Gasteiger partial charge in [0.1, 0.15) is 23.7 Å². The maximum Gasteiger partial charge on any atom is 0.438 e. The highest BCUT2D eigenvalue weighted by Gasteiger charge is 2.63. The summed E-state index contributed by atoms with van der Waals surface area (Å²) in [6.45, 7) is 5.51. The molecule has 3 fully saturated rings. The lowest BCUT2D eigenvalue weighted by molar-refractivity contribution is -0.244. The highest BCUT2D eigenvalue weighted by atomic mass is 32.2. The molecule has 348 valence electrons. The Balaban J connectivity index is 1.41. The molecular formula is C40H49F7N6O9S. The van der Waals surface area contributed by atoms with E-state index in [1.807, 2.05) is 6.92 Å². The number of benzene rings is 1. The first-order valence-electron chi connectivity index (χ1n) is 20.4. The molecule has 4 aliphatic rings. The van der Waals surface area contributed by atoms with Gasteiger partial charge in [0.15, 0.2) is 11.6 Å². The van der Waals surface area contributed by atoms with Crippen molar-refractivity contribution >= 4 is 44.9 Å². The van der Waals surface area contributed by atoms with Crippen LogP contribution < -0.4 is 24.8 Å². The number of ether oxygens (including phenoxy) is 3. The van der Waals surface area contributed by atoms with Gasteiger partial charge in [-0.1, -0.05) is 32.4 Å². The Kier molecular flexibility index (Phi) is 12.7. The Morgan fingerprint density at radius 2 is 1.71 bits per heavy atom. The van der Waals surface area contributed by atoms with E-state index < -0.39 is 128 Å². The molecule has 0 bridgehead atoms. The van der Waals surface area contributed by atoms with E-state index in [2.05, 4.69) is 25.3 Å². The number of aromatic nitrogens is 2. The number of amides is 4. The molecule has 3 heterocycles. The van der Waals surface area contributed by atoms with Gasteiger partial charge >= 0.3 is 18.4 Å². The fraction of sp³-hybridized carbons (Fsp3) is 0.650. The Morgan fingerprint density at radius 3 is 2.32 bits per heavy atom. The van der Waals surface area contributed by atoms with Crippen molar-refractivity contribution in [1.82, 2.24) is 30.2 Å². The van der Waals surface area contributed by atoms with Gasteiger partial charge in [-0.15, -0.1) is 0 Å². The summed E-state index contributed by atoms with van der Waals surface area (Å²) in [6.07, 6.45) is -8.65. The highest BCUT2D eigenvalue weighted by Crippen LogP contribution is 2.48. The zero-order valence-electron chi connectivity index (χ0n) is 35.2. The maximum atomic E-state index is 14.9. The van der Waals surface area contributed by atoms with Crippen molar-refractivity contribution in [3.8, 4) is 11.6 Å². The molecule has 1 aromatic carbocycles. The van der Waals surface area contributed by atoms with Gasteiger partial charge in [-0.05, 0) is 71.1 Å². The number of hydrogen-bond acceptors (Lipinski definition) is 11. The second-order valence-electron chi connectivity index (χ2n) is 17.5. The van der Waals surface area contributed by atoms with Crippen LogP contribution in [0.25, 0.3) is 11.0 Å². The van der Waals surface area contributed by atoms with Crippen LogP contribution in [0.15, 0.2) is 24.3 Å². The zero-order valence-corrected chi connectivity index (χ0v) is 36.0. The fourth-order valence-electron chi connectivity index (χ4n) is 7.88. The van der Waals surface area contributed by atoms with Crippen molar-refractivity contribution in [3.05, 3.63) is 35.8 Å². The van der Waals surface area contributed by atoms with E-state index >= 15 is 0 Å². The third-order valence-corrected chi connectivity index (χ3v) is 14.5. The summed E-state index contributed by atoms with van der Waals surface area (Å²) < 4.78 is 142. The first-order valence-corrected chi connectivity index (χ1v) is 21.8. The number of sulfonamides is 1. The van der Waals surface area contributed by atoms with Crippen LogP contribution >= 0.6 is 0 Å². The molecule has 2 aliphatic heterocycles. The van der Waals surface area contributed by atoms with Gasteiger partial charge < -0.3 is 29.7 Å². The van der Waals surface area contributed by atoms with E-state index in [1.165, 1.54) is 6.92 Å².